The quantitative estimate of drug-likeness (QED) is 0.836. The number of nitrogens with one attached hydrogen (secondary N) is 2. The molecule has 5 nitrogen and oxygen atoms in total. The van der Waals surface area contributed by atoms with Crippen molar-refractivity contribution < 1.29 is 9.00 Å². The molecule has 2 N–H and O–H groups in total. The molecule has 1 aromatic rings. The Morgan fingerprint density at radius 3 is 2.67 bits per heavy atom. The first-order valence-corrected chi connectivity index (χ1v) is 9.36. The third kappa shape index (κ3) is 3.20. The molecule has 0 spiro atoms. The lowest BCUT2D eigenvalue weighted by Gasteiger charge is -2.29. The van der Waals surface area contributed by atoms with Gasteiger partial charge in [0.1, 0.15) is 0 Å². The minimum absolute atomic E-state index is 0.135. The highest BCUT2D eigenvalue weighted by atomic mass is 32.2. The van der Waals surface area contributed by atoms with Crippen molar-refractivity contribution >= 4 is 21.4 Å². The van der Waals surface area contributed by atoms with Gasteiger partial charge in [-0.2, -0.15) is 0 Å². The van der Waals surface area contributed by atoms with E-state index in [9.17, 15) is 9.00 Å². The number of benzene rings is 1. The summed E-state index contributed by atoms with van der Waals surface area (Å²) in [6.45, 7) is 0.812. The van der Waals surface area contributed by atoms with Gasteiger partial charge in [-0.3, -0.25) is 4.78 Å². The smallest absolute Gasteiger partial charge is 0.321 e. The molecule has 1 fully saturated rings. The maximum Gasteiger partial charge on any atom is 0.321 e. The summed E-state index contributed by atoms with van der Waals surface area (Å²) in [6.07, 6.45) is 4.49. The fourth-order valence-corrected chi connectivity index (χ4v) is 4.26. The van der Waals surface area contributed by atoms with E-state index in [1.54, 1.807) is 4.90 Å². The van der Waals surface area contributed by atoms with Crippen LogP contribution in [0.15, 0.2) is 18.2 Å². The molecular weight excluding hydrogens is 286 g/mol. The van der Waals surface area contributed by atoms with Crippen molar-refractivity contribution in [3.63, 3.8) is 0 Å². The molecule has 0 unspecified atom stereocenters. The highest BCUT2D eigenvalue weighted by molar-refractivity contribution is 7.92. The number of amides is 2. The highest BCUT2D eigenvalue weighted by Gasteiger charge is 2.23. The van der Waals surface area contributed by atoms with E-state index in [-0.39, 0.29) is 17.5 Å². The fraction of sp³-hybridized carbons (Fsp3) is 0.533. The van der Waals surface area contributed by atoms with Crippen molar-refractivity contribution in [2.24, 2.45) is 0 Å². The molecule has 1 aliphatic heterocycles. The number of nitrogens with zero attached hydrogens (tertiary/aromatic N) is 1. The summed E-state index contributed by atoms with van der Waals surface area (Å²) in [5, 5.41) is 3.00. The lowest BCUT2D eigenvalue weighted by atomic mass is 9.90. The van der Waals surface area contributed by atoms with Gasteiger partial charge < -0.3 is 10.2 Å². The second-order valence-electron chi connectivity index (χ2n) is 5.79. The van der Waals surface area contributed by atoms with E-state index in [4.69, 9.17) is 4.78 Å². The standard InChI is InChI=1S/C15H21N3O2S/c16-21(20)10-8-18(9-11-21)15(19)17-14-7-3-5-12-4-1-2-6-13(12)14/h3,5,7,16H,1-2,4,6,8-11H2,(H,17,19). The van der Waals surface area contributed by atoms with Crippen LogP contribution in [0.1, 0.15) is 24.0 Å². The Kier molecular flexibility index (Phi) is 3.89. The van der Waals surface area contributed by atoms with Gasteiger partial charge in [0, 0.05) is 40.0 Å². The van der Waals surface area contributed by atoms with Crippen LogP contribution in [-0.4, -0.2) is 39.7 Å². The Morgan fingerprint density at radius 1 is 1.19 bits per heavy atom. The van der Waals surface area contributed by atoms with Crippen LogP contribution in [0.5, 0.6) is 0 Å². The minimum Gasteiger partial charge on any atom is -0.323 e. The van der Waals surface area contributed by atoms with E-state index >= 15 is 0 Å². The molecule has 21 heavy (non-hydrogen) atoms. The number of carbonyl (C=O) groups excluding carboxylic acids is 1. The Morgan fingerprint density at radius 2 is 1.90 bits per heavy atom. The van der Waals surface area contributed by atoms with Crippen LogP contribution in [0.2, 0.25) is 0 Å². The maximum atomic E-state index is 12.3. The third-order valence-electron chi connectivity index (χ3n) is 4.31. The molecular formula is C15H21N3O2S. The Hall–Kier alpha value is -1.56. The van der Waals surface area contributed by atoms with Gasteiger partial charge in [0.05, 0.1) is 0 Å². The summed E-state index contributed by atoms with van der Waals surface area (Å²) < 4.78 is 19.2. The maximum absolute atomic E-state index is 12.3. The van der Waals surface area contributed by atoms with Crippen LogP contribution in [0.25, 0.3) is 0 Å². The second kappa shape index (κ2) is 5.67. The molecule has 2 amide bonds. The molecule has 1 aliphatic carbocycles. The van der Waals surface area contributed by atoms with Crippen LogP contribution in [0, 0.1) is 4.78 Å². The summed E-state index contributed by atoms with van der Waals surface area (Å²) in [4.78, 5) is 14.0. The van der Waals surface area contributed by atoms with Crippen molar-refractivity contribution in [3.05, 3.63) is 29.3 Å². The van der Waals surface area contributed by atoms with E-state index in [1.807, 2.05) is 12.1 Å². The van der Waals surface area contributed by atoms with E-state index in [2.05, 4.69) is 11.4 Å². The first-order valence-electron chi connectivity index (χ1n) is 7.46. The van der Waals surface area contributed by atoms with E-state index in [1.165, 1.54) is 24.0 Å². The minimum atomic E-state index is -2.46. The molecule has 0 aromatic heterocycles. The zero-order valence-corrected chi connectivity index (χ0v) is 12.9. The molecule has 0 atom stereocenters. The fourth-order valence-electron chi connectivity index (χ4n) is 3.02. The van der Waals surface area contributed by atoms with Crippen LogP contribution in [0.3, 0.4) is 0 Å². The lowest BCUT2D eigenvalue weighted by Crippen LogP contribution is -2.45. The van der Waals surface area contributed by atoms with Gasteiger partial charge in [-0.15, -0.1) is 0 Å². The second-order valence-corrected chi connectivity index (χ2v) is 8.23. The number of carbonyl (C=O) groups is 1. The summed E-state index contributed by atoms with van der Waals surface area (Å²) in [6, 6.07) is 5.95. The van der Waals surface area contributed by atoms with Crippen LogP contribution < -0.4 is 5.32 Å². The van der Waals surface area contributed by atoms with E-state index in [0.717, 1.165) is 18.5 Å². The molecule has 0 saturated carbocycles. The number of fused-ring (bicyclic) bond motifs is 1. The van der Waals surface area contributed by atoms with Crippen molar-refractivity contribution in [2.75, 3.05) is 29.9 Å². The summed E-state index contributed by atoms with van der Waals surface area (Å²) in [7, 11) is -2.46. The van der Waals surface area contributed by atoms with Gasteiger partial charge in [-0.1, -0.05) is 12.1 Å². The van der Waals surface area contributed by atoms with Crippen LogP contribution in [0.4, 0.5) is 10.5 Å². The number of anilines is 1. The van der Waals surface area contributed by atoms with Crippen molar-refractivity contribution in [2.45, 2.75) is 25.7 Å². The van der Waals surface area contributed by atoms with Crippen molar-refractivity contribution in [3.8, 4) is 0 Å². The molecule has 0 bridgehead atoms. The summed E-state index contributed by atoms with van der Waals surface area (Å²) in [5.74, 6) is 0.570. The normalized spacial score (nSPS) is 20.7. The number of hydrogen-bond donors (Lipinski definition) is 2. The molecule has 0 radical (unpaired) electrons. The highest BCUT2D eigenvalue weighted by Crippen LogP contribution is 2.28. The molecule has 114 valence electrons. The Balaban J connectivity index is 1.71. The van der Waals surface area contributed by atoms with Gasteiger partial charge in [0.25, 0.3) is 0 Å². The van der Waals surface area contributed by atoms with Crippen LogP contribution in [-0.2, 0) is 22.6 Å². The van der Waals surface area contributed by atoms with Gasteiger partial charge in [0.15, 0.2) is 0 Å². The zero-order chi connectivity index (χ0) is 14.9. The predicted molar refractivity (Wildman–Crippen MR) is 84.3 cm³/mol. The summed E-state index contributed by atoms with van der Waals surface area (Å²) >= 11 is 0. The van der Waals surface area contributed by atoms with E-state index in [0.29, 0.717) is 13.1 Å². The number of aryl methyl sites for hydroxylation is 1. The molecule has 1 saturated heterocycles. The summed E-state index contributed by atoms with van der Waals surface area (Å²) in [5.41, 5.74) is 3.51. The van der Waals surface area contributed by atoms with Gasteiger partial charge in [-0.05, 0) is 42.9 Å². The zero-order valence-electron chi connectivity index (χ0n) is 12.1. The van der Waals surface area contributed by atoms with Gasteiger partial charge >= 0.3 is 6.03 Å². The van der Waals surface area contributed by atoms with Crippen molar-refractivity contribution in [1.29, 1.82) is 4.78 Å². The third-order valence-corrected chi connectivity index (χ3v) is 5.99. The molecule has 1 aromatic carbocycles. The largest absolute Gasteiger partial charge is 0.323 e. The van der Waals surface area contributed by atoms with E-state index < -0.39 is 9.73 Å². The molecule has 3 rings (SSSR count). The van der Waals surface area contributed by atoms with Crippen LogP contribution >= 0.6 is 0 Å². The number of rotatable bonds is 1. The first-order chi connectivity index (χ1) is 10.1. The monoisotopic (exact) mass is 307 g/mol. The Bertz CT molecular complexity index is 641. The SMILES string of the molecule is N=S1(=O)CCN(C(=O)Nc2cccc3c2CCCC3)CC1. The average molecular weight is 307 g/mol. The number of urea groups is 1. The molecule has 1 heterocycles. The number of hydrogen-bond acceptors (Lipinski definition) is 3. The molecule has 2 aliphatic rings. The van der Waals surface area contributed by atoms with Crippen molar-refractivity contribution in [1.82, 2.24) is 4.90 Å². The predicted octanol–water partition coefficient (Wildman–Crippen LogP) is 2.46. The van der Waals surface area contributed by atoms with Gasteiger partial charge in [-0.25, -0.2) is 9.00 Å². The average Bonchev–Trinajstić information content (AvgIpc) is 2.47. The first kappa shape index (κ1) is 14.4. The van der Waals surface area contributed by atoms with Gasteiger partial charge in [0.2, 0.25) is 0 Å². The lowest BCUT2D eigenvalue weighted by molar-refractivity contribution is 0.216. The Labute approximate surface area is 125 Å². The molecule has 6 heteroatoms. The topological polar surface area (TPSA) is 73.3 Å².